The van der Waals surface area contributed by atoms with Gasteiger partial charge in [-0.1, -0.05) is 38.1 Å². The number of phenolic OH excluding ortho intramolecular Hbond substituents is 2. The summed E-state index contributed by atoms with van der Waals surface area (Å²) in [6.07, 6.45) is 0. The monoisotopic (exact) mass is 409 g/mol. The molecule has 6 nitrogen and oxygen atoms in total. The van der Waals surface area contributed by atoms with E-state index in [9.17, 15) is 10.2 Å². The molecule has 0 saturated heterocycles. The number of aromatic hydroxyl groups is 2. The molecule has 0 aliphatic heterocycles. The van der Waals surface area contributed by atoms with E-state index in [0.717, 1.165) is 11.1 Å². The Labute approximate surface area is 222 Å². The third kappa shape index (κ3) is 13.0. The van der Waals surface area contributed by atoms with E-state index in [2.05, 4.69) is 13.8 Å². The predicted octanol–water partition coefficient (Wildman–Crippen LogP) is -6.07. The van der Waals surface area contributed by atoms with Gasteiger partial charge in [0.05, 0.1) is 0 Å². The Kier molecular flexibility index (Phi) is 23.5. The summed E-state index contributed by atoms with van der Waals surface area (Å²) in [5, 5.41) is 18.6. The summed E-state index contributed by atoms with van der Waals surface area (Å²) in [7, 11) is 0. The summed E-state index contributed by atoms with van der Waals surface area (Å²) in [6, 6.07) is 14.4. The predicted molar refractivity (Wildman–Crippen MR) is 88.9 cm³/mol. The van der Waals surface area contributed by atoms with Crippen LogP contribution in [0.4, 0.5) is 0 Å². The van der Waals surface area contributed by atoms with Crippen molar-refractivity contribution in [3.05, 3.63) is 59.7 Å². The average Bonchev–Trinajstić information content (AvgIpc) is 2.49. The SMILES string of the molecule is C=O.CC(C)(c1ccc(O)cc1)c1ccc(O)cc1.O=S(O)O.[Na+].[Na+].[Na+]. The van der Waals surface area contributed by atoms with Crippen LogP contribution in [0.25, 0.3) is 0 Å². The van der Waals surface area contributed by atoms with Crippen molar-refractivity contribution in [1.82, 2.24) is 0 Å². The van der Waals surface area contributed by atoms with Crippen molar-refractivity contribution < 1.29 is 117 Å². The minimum atomic E-state index is -2.61. The number of hydrogen-bond donors (Lipinski definition) is 4. The van der Waals surface area contributed by atoms with Crippen LogP contribution in [0.15, 0.2) is 48.5 Å². The van der Waals surface area contributed by atoms with E-state index in [-0.39, 0.29) is 106 Å². The van der Waals surface area contributed by atoms with Gasteiger partial charge in [-0.25, -0.2) is 0 Å². The molecule has 0 heterocycles. The zero-order valence-corrected chi connectivity index (χ0v) is 22.7. The van der Waals surface area contributed by atoms with Gasteiger partial charge in [0.2, 0.25) is 0 Å². The summed E-state index contributed by atoms with van der Waals surface area (Å²) in [5.74, 6) is 0.547. The van der Waals surface area contributed by atoms with E-state index >= 15 is 0 Å². The molecule has 2 rings (SSSR count). The Hall–Kier alpha value is 0.780. The van der Waals surface area contributed by atoms with Gasteiger partial charge in [0.25, 0.3) is 11.4 Å². The number of hydrogen-bond acceptors (Lipinski definition) is 4. The molecule has 0 unspecified atom stereocenters. The van der Waals surface area contributed by atoms with E-state index < -0.39 is 11.4 Å². The van der Waals surface area contributed by atoms with Crippen molar-refractivity contribution in [3.8, 4) is 11.5 Å². The van der Waals surface area contributed by atoms with Crippen LogP contribution >= 0.6 is 0 Å². The van der Waals surface area contributed by atoms with Crippen LogP contribution in [0.5, 0.6) is 11.5 Å². The standard InChI is InChI=1S/C15H16O2.CH2O.3Na.H2O3S/c1-15(2,11-3-7-13(16)8-4-11)12-5-9-14(17)10-6-12;1-2;;;;1-4(2)3/h3-10,16-17H,1-2H3;1H2;;;;(H2,1,2,3)/q;;3*+1;. The molecular weight excluding hydrogens is 389 g/mol. The molecule has 2 aromatic carbocycles. The maximum Gasteiger partial charge on any atom is 1.00 e. The Balaban J connectivity index is -0.000000240. The van der Waals surface area contributed by atoms with E-state index in [1.807, 2.05) is 31.1 Å². The van der Waals surface area contributed by atoms with Crippen LogP contribution in [-0.4, -0.2) is 30.3 Å². The first-order valence-electron chi connectivity index (χ1n) is 6.41. The minimum Gasteiger partial charge on any atom is -0.508 e. The fourth-order valence-corrected chi connectivity index (χ4v) is 1.92. The van der Waals surface area contributed by atoms with E-state index in [1.54, 1.807) is 24.3 Å². The summed E-state index contributed by atoms with van der Waals surface area (Å²) in [4.78, 5) is 8.00. The first-order valence-corrected chi connectivity index (χ1v) is 7.47. The van der Waals surface area contributed by atoms with Gasteiger partial charge in [-0.3, -0.25) is 9.11 Å². The van der Waals surface area contributed by atoms with Gasteiger partial charge < -0.3 is 15.0 Å². The Morgan fingerprint density at radius 2 is 0.923 bits per heavy atom. The largest absolute Gasteiger partial charge is 1.00 e. The zero-order valence-electron chi connectivity index (χ0n) is 15.8. The minimum absolute atomic E-state index is 0. The molecule has 0 fully saturated rings. The van der Waals surface area contributed by atoms with Crippen LogP contribution in [0.2, 0.25) is 0 Å². The maximum atomic E-state index is 9.30. The summed E-state index contributed by atoms with van der Waals surface area (Å²) >= 11 is -2.61. The fourth-order valence-electron chi connectivity index (χ4n) is 1.92. The van der Waals surface area contributed by atoms with Crippen LogP contribution < -0.4 is 88.7 Å². The van der Waals surface area contributed by atoms with E-state index in [1.165, 1.54) is 0 Å². The van der Waals surface area contributed by atoms with Crippen molar-refractivity contribution >= 4 is 18.2 Å². The molecule has 0 aliphatic carbocycles. The number of carbonyl (C=O) groups is 1. The van der Waals surface area contributed by atoms with Crippen LogP contribution in [-0.2, 0) is 21.6 Å². The fraction of sp³-hybridized carbons (Fsp3) is 0.188. The van der Waals surface area contributed by atoms with E-state index in [0.29, 0.717) is 0 Å². The van der Waals surface area contributed by atoms with Crippen LogP contribution in [0, 0.1) is 0 Å². The van der Waals surface area contributed by atoms with Crippen molar-refractivity contribution in [2.75, 3.05) is 0 Å². The molecule has 0 aromatic heterocycles. The molecular formula is C16H20Na3O6S+3. The average molecular weight is 409 g/mol. The topological polar surface area (TPSA) is 115 Å². The summed E-state index contributed by atoms with van der Waals surface area (Å²) in [5.41, 5.74) is 2.10. The van der Waals surface area contributed by atoms with E-state index in [4.69, 9.17) is 18.1 Å². The molecule has 10 heteroatoms. The molecule has 0 aliphatic rings. The normalized spacial score (nSPS) is 8.96. The third-order valence-electron chi connectivity index (χ3n) is 3.18. The van der Waals surface area contributed by atoms with Gasteiger partial charge >= 0.3 is 88.7 Å². The first-order chi connectivity index (χ1) is 10.7. The molecule has 0 atom stereocenters. The third-order valence-corrected chi connectivity index (χ3v) is 3.18. The summed E-state index contributed by atoms with van der Waals surface area (Å²) in [6.45, 7) is 6.23. The van der Waals surface area contributed by atoms with Crippen molar-refractivity contribution in [1.29, 1.82) is 0 Å². The van der Waals surface area contributed by atoms with Gasteiger partial charge in [0.1, 0.15) is 18.3 Å². The molecule has 0 amide bonds. The quantitative estimate of drug-likeness (QED) is 0.290. The van der Waals surface area contributed by atoms with Gasteiger partial charge in [0, 0.05) is 5.41 Å². The van der Waals surface area contributed by atoms with Gasteiger partial charge in [-0.05, 0) is 35.4 Å². The number of benzene rings is 2. The smallest absolute Gasteiger partial charge is 0.508 e. The van der Waals surface area contributed by atoms with Gasteiger partial charge in [0.15, 0.2) is 0 Å². The number of rotatable bonds is 2. The molecule has 4 N–H and O–H groups in total. The number of phenols is 2. The molecule has 0 saturated carbocycles. The van der Waals surface area contributed by atoms with Gasteiger partial charge in [-0.15, -0.1) is 0 Å². The number of carbonyl (C=O) groups excluding carboxylic acids is 1. The van der Waals surface area contributed by atoms with Crippen molar-refractivity contribution in [2.45, 2.75) is 19.3 Å². The van der Waals surface area contributed by atoms with Crippen molar-refractivity contribution in [2.24, 2.45) is 0 Å². The Morgan fingerprint density at radius 3 is 1.12 bits per heavy atom. The maximum absolute atomic E-state index is 9.30. The molecule has 0 bridgehead atoms. The Morgan fingerprint density at radius 1 is 0.731 bits per heavy atom. The van der Waals surface area contributed by atoms with Gasteiger partial charge in [-0.2, -0.15) is 4.21 Å². The Bertz CT molecular complexity index is 569. The zero-order chi connectivity index (χ0) is 18.0. The second-order valence-electron chi connectivity index (χ2n) is 4.95. The first kappa shape index (κ1) is 34.3. The molecule has 0 spiro atoms. The second-order valence-corrected chi connectivity index (χ2v) is 5.41. The van der Waals surface area contributed by atoms with Crippen LogP contribution in [0.1, 0.15) is 25.0 Å². The molecule has 26 heavy (non-hydrogen) atoms. The molecule has 0 radical (unpaired) electrons. The second kappa shape index (κ2) is 17.8. The van der Waals surface area contributed by atoms with Crippen molar-refractivity contribution in [3.63, 3.8) is 0 Å². The van der Waals surface area contributed by atoms with Crippen LogP contribution in [0.3, 0.4) is 0 Å². The molecule has 2 aromatic rings. The summed E-state index contributed by atoms with van der Waals surface area (Å²) < 4.78 is 22.8. The molecule has 126 valence electrons.